The number of halogens is 3. The van der Waals surface area contributed by atoms with E-state index in [-0.39, 0.29) is 12.4 Å². The molecule has 0 saturated heterocycles. The molecule has 0 bridgehead atoms. The van der Waals surface area contributed by atoms with Gasteiger partial charge in [-0.1, -0.05) is 41.4 Å². The molecule has 1 N–H and O–H groups in total. The number of nitrogens with one attached hydrogen (secondary N) is 1. The van der Waals surface area contributed by atoms with Gasteiger partial charge in [-0.3, -0.25) is 0 Å². The van der Waals surface area contributed by atoms with E-state index in [2.05, 4.69) is 11.4 Å². The first kappa shape index (κ1) is 19.7. The fraction of sp³-hybridized carbons (Fsp3) is 0.158. The van der Waals surface area contributed by atoms with E-state index in [9.17, 15) is 0 Å². The predicted octanol–water partition coefficient (Wildman–Crippen LogP) is 2.46. The van der Waals surface area contributed by atoms with Crippen LogP contribution in [0, 0.1) is 0 Å². The van der Waals surface area contributed by atoms with Crippen molar-refractivity contribution in [2.45, 2.75) is 19.7 Å². The van der Waals surface area contributed by atoms with Crippen LogP contribution in [-0.2, 0) is 19.7 Å². The first-order chi connectivity index (χ1) is 11.7. The van der Waals surface area contributed by atoms with Crippen LogP contribution in [0.5, 0.6) is 5.75 Å². The van der Waals surface area contributed by atoms with E-state index in [0.717, 1.165) is 29.2 Å². The molecule has 6 heteroatoms. The molecule has 2 aromatic carbocycles. The van der Waals surface area contributed by atoms with Crippen molar-refractivity contribution in [1.29, 1.82) is 0 Å². The summed E-state index contributed by atoms with van der Waals surface area (Å²) in [6.45, 7) is 1.83. The molecule has 132 valence electrons. The zero-order valence-corrected chi connectivity index (χ0v) is 15.6. The van der Waals surface area contributed by atoms with Crippen LogP contribution in [0.4, 0.5) is 0 Å². The molecule has 3 aromatic rings. The minimum Gasteiger partial charge on any atom is -1.00 e. The van der Waals surface area contributed by atoms with E-state index in [1.165, 1.54) is 0 Å². The largest absolute Gasteiger partial charge is 1.00 e. The molecule has 3 nitrogen and oxygen atoms in total. The van der Waals surface area contributed by atoms with E-state index in [4.69, 9.17) is 32.4 Å². The lowest BCUT2D eigenvalue weighted by Gasteiger charge is -2.10. The van der Waals surface area contributed by atoms with Gasteiger partial charge in [0, 0.05) is 22.2 Å². The fourth-order valence-electron chi connectivity index (χ4n) is 2.29. The van der Waals surface area contributed by atoms with Crippen LogP contribution >= 0.6 is 23.2 Å². The van der Waals surface area contributed by atoms with Gasteiger partial charge in [0.25, 0.3) is 0 Å². The molecule has 0 aliphatic heterocycles. The standard InChI is InChI=1S/C19H17Cl2NO2.ClH/c20-16-7-6-15(19(21)10-16)13-24-17-4-1-3-14(9-17)11-22-12-18-5-2-8-23-18;/h1-10,22H,11-13H2;1H/p-1. The smallest absolute Gasteiger partial charge is 0.120 e. The maximum absolute atomic E-state index is 6.16. The number of furan rings is 1. The van der Waals surface area contributed by atoms with Crippen molar-refractivity contribution >= 4 is 23.2 Å². The van der Waals surface area contributed by atoms with Gasteiger partial charge < -0.3 is 26.9 Å². The Hall–Kier alpha value is -1.65. The molecule has 1 aromatic heterocycles. The summed E-state index contributed by atoms with van der Waals surface area (Å²) in [6.07, 6.45) is 1.67. The molecule has 3 rings (SSSR count). The highest BCUT2D eigenvalue weighted by atomic mass is 35.5. The summed E-state index contributed by atoms with van der Waals surface area (Å²) < 4.78 is 11.1. The molecule has 0 atom stereocenters. The molecule has 0 radical (unpaired) electrons. The SMILES string of the molecule is Clc1ccc(COc2cccc(CNCc3ccco3)c2)c(Cl)c1.[Cl-]. The average Bonchev–Trinajstić information content (AvgIpc) is 3.08. The van der Waals surface area contributed by atoms with Crippen LogP contribution in [0.15, 0.2) is 65.3 Å². The Morgan fingerprint density at radius 3 is 2.60 bits per heavy atom. The van der Waals surface area contributed by atoms with Gasteiger partial charge in [-0.2, -0.15) is 0 Å². The highest BCUT2D eigenvalue weighted by molar-refractivity contribution is 6.35. The molecule has 0 fully saturated rings. The Morgan fingerprint density at radius 1 is 0.960 bits per heavy atom. The Kier molecular flexibility index (Phi) is 7.66. The Bertz CT molecular complexity index is 791. The van der Waals surface area contributed by atoms with E-state index in [0.29, 0.717) is 23.2 Å². The van der Waals surface area contributed by atoms with Gasteiger partial charge in [0.15, 0.2) is 0 Å². The average molecular weight is 398 g/mol. The molecule has 1 heterocycles. The Labute approximate surface area is 163 Å². The van der Waals surface area contributed by atoms with Crippen LogP contribution in [0.25, 0.3) is 0 Å². The zero-order valence-electron chi connectivity index (χ0n) is 13.3. The minimum absolute atomic E-state index is 0. The highest BCUT2D eigenvalue weighted by Crippen LogP contribution is 2.23. The molecule has 0 unspecified atom stereocenters. The molecule has 0 aliphatic rings. The van der Waals surface area contributed by atoms with Crippen molar-refractivity contribution in [1.82, 2.24) is 5.32 Å². The normalized spacial score (nSPS) is 10.3. The zero-order chi connectivity index (χ0) is 16.8. The first-order valence-electron chi connectivity index (χ1n) is 7.59. The molecular weight excluding hydrogens is 381 g/mol. The summed E-state index contributed by atoms with van der Waals surface area (Å²) in [5.41, 5.74) is 2.05. The molecule has 0 aliphatic carbocycles. The summed E-state index contributed by atoms with van der Waals surface area (Å²) in [4.78, 5) is 0. The molecule has 0 saturated carbocycles. The van der Waals surface area contributed by atoms with Gasteiger partial charge in [-0.05, 0) is 42.0 Å². The second-order valence-electron chi connectivity index (χ2n) is 5.35. The second-order valence-corrected chi connectivity index (χ2v) is 6.20. The Morgan fingerprint density at radius 2 is 1.84 bits per heavy atom. The topological polar surface area (TPSA) is 34.4 Å². The second kappa shape index (κ2) is 9.73. The number of benzene rings is 2. The lowest BCUT2D eigenvalue weighted by Crippen LogP contribution is -3.00. The molecule has 0 spiro atoms. The van der Waals surface area contributed by atoms with Crippen molar-refractivity contribution in [3.05, 3.63) is 87.8 Å². The number of hydrogen-bond donors (Lipinski definition) is 1. The molecular formula is C19H17Cl3NO2-. The predicted molar refractivity (Wildman–Crippen MR) is 96.5 cm³/mol. The highest BCUT2D eigenvalue weighted by Gasteiger charge is 2.03. The van der Waals surface area contributed by atoms with Crippen molar-refractivity contribution in [2.75, 3.05) is 0 Å². The van der Waals surface area contributed by atoms with Gasteiger partial charge in [-0.25, -0.2) is 0 Å². The van der Waals surface area contributed by atoms with Gasteiger partial charge in [0.1, 0.15) is 18.1 Å². The van der Waals surface area contributed by atoms with Crippen LogP contribution in [0.3, 0.4) is 0 Å². The number of ether oxygens (including phenoxy) is 1. The maximum atomic E-state index is 6.16. The van der Waals surface area contributed by atoms with E-state index in [1.807, 2.05) is 36.4 Å². The molecule has 0 amide bonds. The van der Waals surface area contributed by atoms with Gasteiger partial charge in [0.05, 0.1) is 12.8 Å². The lowest BCUT2D eigenvalue weighted by atomic mass is 10.2. The summed E-state index contributed by atoms with van der Waals surface area (Å²) in [6, 6.07) is 17.2. The third kappa shape index (κ3) is 5.98. The van der Waals surface area contributed by atoms with E-state index >= 15 is 0 Å². The van der Waals surface area contributed by atoms with Gasteiger partial charge in [-0.15, -0.1) is 0 Å². The molecule has 25 heavy (non-hydrogen) atoms. The quantitative estimate of drug-likeness (QED) is 0.665. The summed E-state index contributed by atoms with van der Waals surface area (Å²) >= 11 is 12.1. The van der Waals surface area contributed by atoms with Crippen LogP contribution in [-0.4, -0.2) is 0 Å². The number of rotatable bonds is 7. The van der Waals surface area contributed by atoms with Gasteiger partial charge in [0.2, 0.25) is 0 Å². The minimum atomic E-state index is 0. The van der Waals surface area contributed by atoms with Crippen LogP contribution in [0.2, 0.25) is 10.0 Å². The third-order valence-electron chi connectivity index (χ3n) is 3.52. The first-order valence-corrected chi connectivity index (χ1v) is 8.35. The maximum Gasteiger partial charge on any atom is 0.120 e. The van der Waals surface area contributed by atoms with Crippen molar-refractivity contribution in [3.63, 3.8) is 0 Å². The lowest BCUT2D eigenvalue weighted by molar-refractivity contribution is -0.00000557. The summed E-state index contributed by atoms with van der Waals surface area (Å²) in [5, 5.41) is 4.56. The Balaban J connectivity index is 0.00000225. The van der Waals surface area contributed by atoms with Crippen LogP contribution < -0.4 is 22.5 Å². The van der Waals surface area contributed by atoms with Crippen molar-refractivity contribution < 1.29 is 21.6 Å². The fourth-order valence-corrected chi connectivity index (χ4v) is 2.75. The van der Waals surface area contributed by atoms with Crippen LogP contribution in [0.1, 0.15) is 16.9 Å². The summed E-state index contributed by atoms with van der Waals surface area (Å²) in [7, 11) is 0. The van der Waals surface area contributed by atoms with E-state index in [1.54, 1.807) is 18.4 Å². The summed E-state index contributed by atoms with van der Waals surface area (Å²) in [5.74, 6) is 1.72. The van der Waals surface area contributed by atoms with E-state index < -0.39 is 0 Å². The van der Waals surface area contributed by atoms with Crippen molar-refractivity contribution in [3.8, 4) is 5.75 Å². The number of hydrogen-bond acceptors (Lipinski definition) is 3. The van der Waals surface area contributed by atoms with Crippen molar-refractivity contribution in [2.24, 2.45) is 0 Å². The third-order valence-corrected chi connectivity index (χ3v) is 4.10. The van der Waals surface area contributed by atoms with Gasteiger partial charge >= 0.3 is 0 Å². The monoisotopic (exact) mass is 396 g/mol.